The number of hydrogen-bond donors (Lipinski definition) is 3. The number of phenolic OH excluding ortho intramolecular Hbond substituents is 1. The maximum absolute atomic E-state index is 12.5. The van der Waals surface area contributed by atoms with Gasteiger partial charge < -0.3 is 19.1 Å². The number of allylic oxidation sites excluding steroid dienone is 1. The molecule has 150 valence electrons. The number of carbonyl (C=O) groups excluding carboxylic acids is 1. The molecule has 1 aromatic carbocycles. The summed E-state index contributed by atoms with van der Waals surface area (Å²) in [6, 6.07) is 2.14. The van der Waals surface area contributed by atoms with E-state index < -0.39 is 34.3 Å². The van der Waals surface area contributed by atoms with Gasteiger partial charge in [0.05, 0.1) is 12.2 Å². The van der Waals surface area contributed by atoms with Crippen LogP contribution in [0.4, 0.5) is 0 Å². The second kappa shape index (κ2) is 9.20. The summed E-state index contributed by atoms with van der Waals surface area (Å²) in [5.74, 6) is -1.61. The molecule has 3 N–H and O–H groups in total. The predicted octanol–water partition coefficient (Wildman–Crippen LogP) is 2.85. The summed E-state index contributed by atoms with van der Waals surface area (Å²) >= 11 is 0. The fraction of sp³-hybridized carbons (Fsp3) is 0.500. The number of aliphatic hydroxyl groups is 1. The normalized spacial score (nSPS) is 22.4. The highest BCUT2D eigenvalue weighted by Gasteiger charge is 2.22. The Morgan fingerprint density at radius 3 is 2.59 bits per heavy atom. The third kappa shape index (κ3) is 6.85. The molecule has 2 atom stereocenters. The third-order valence-corrected chi connectivity index (χ3v) is 4.59. The first-order valence-corrected chi connectivity index (χ1v) is 10.1. The van der Waals surface area contributed by atoms with Gasteiger partial charge in [-0.2, -0.15) is 8.42 Å². The second-order valence-corrected chi connectivity index (χ2v) is 7.57. The quantitative estimate of drug-likeness (QED) is 0.510. The number of hydrogen-bond acceptors (Lipinski definition) is 7. The lowest BCUT2D eigenvalue weighted by Crippen LogP contribution is -2.17. The van der Waals surface area contributed by atoms with Crippen molar-refractivity contribution in [3.05, 3.63) is 29.3 Å². The Hall–Kier alpha value is -2.10. The maximum Gasteiger partial charge on any atom is 0.446 e. The summed E-state index contributed by atoms with van der Waals surface area (Å²) < 4.78 is 40.4. The van der Waals surface area contributed by atoms with Gasteiger partial charge in [-0.25, -0.2) is 4.79 Å². The van der Waals surface area contributed by atoms with Crippen molar-refractivity contribution in [2.75, 3.05) is 0 Å². The lowest BCUT2D eigenvalue weighted by atomic mass is 10.0. The number of ether oxygens (including phenoxy) is 1. The van der Waals surface area contributed by atoms with E-state index >= 15 is 0 Å². The number of rotatable bonds is 2. The predicted molar refractivity (Wildman–Crippen MR) is 97.9 cm³/mol. The van der Waals surface area contributed by atoms with Crippen LogP contribution in [0, 0.1) is 0 Å². The molecule has 1 heterocycles. The Morgan fingerprint density at radius 2 is 1.89 bits per heavy atom. The standard InChI is InChI=1S/C18H24O8S/c1-12-6-5-9-14(19)8-4-2-3-7-13-10-15(26-27(22,23)24)11-16(20)17(13)18(21)25-12/h3,7,10-12,14,19-20H,2,4-6,8-9H2,1H3,(H,22,23,24)/t12-,14+/m1/s1. The molecule has 0 unspecified atom stereocenters. The maximum atomic E-state index is 12.5. The van der Waals surface area contributed by atoms with Crippen LogP contribution in [0.25, 0.3) is 6.08 Å². The molecule has 0 bridgehead atoms. The Morgan fingerprint density at radius 1 is 1.19 bits per heavy atom. The highest BCUT2D eigenvalue weighted by molar-refractivity contribution is 7.81. The Balaban J connectivity index is 2.39. The van der Waals surface area contributed by atoms with Gasteiger partial charge in [0.25, 0.3) is 0 Å². The molecule has 27 heavy (non-hydrogen) atoms. The van der Waals surface area contributed by atoms with Gasteiger partial charge in [-0.1, -0.05) is 12.2 Å². The molecule has 0 aliphatic carbocycles. The number of phenols is 1. The SMILES string of the molecule is C[C@@H]1CCC[C@@H](O)CCCC=Cc2cc(OS(=O)(=O)O)cc(O)c2C(=O)O1. The molecule has 0 fully saturated rings. The summed E-state index contributed by atoms with van der Waals surface area (Å²) in [7, 11) is -4.78. The van der Waals surface area contributed by atoms with Crippen molar-refractivity contribution in [3.63, 3.8) is 0 Å². The number of benzene rings is 1. The van der Waals surface area contributed by atoms with Gasteiger partial charge >= 0.3 is 16.4 Å². The highest BCUT2D eigenvalue weighted by Crippen LogP contribution is 2.31. The minimum Gasteiger partial charge on any atom is -0.507 e. The second-order valence-electron chi connectivity index (χ2n) is 6.55. The zero-order valence-electron chi connectivity index (χ0n) is 15.0. The molecule has 0 saturated heterocycles. The Bertz CT molecular complexity index is 800. The molecule has 8 nitrogen and oxygen atoms in total. The van der Waals surface area contributed by atoms with Gasteiger partial charge in [-0.05, 0) is 57.1 Å². The molecule has 0 spiro atoms. The number of aliphatic hydroxyl groups excluding tert-OH is 1. The van der Waals surface area contributed by atoms with Crippen molar-refractivity contribution in [1.82, 2.24) is 0 Å². The van der Waals surface area contributed by atoms with Gasteiger partial charge in [-0.15, -0.1) is 0 Å². The van der Waals surface area contributed by atoms with E-state index in [2.05, 4.69) is 4.18 Å². The van der Waals surface area contributed by atoms with Crippen molar-refractivity contribution < 1.29 is 36.9 Å². The smallest absolute Gasteiger partial charge is 0.446 e. The van der Waals surface area contributed by atoms with E-state index in [0.29, 0.717) is 32.1 Å². The average Bonchev–Trinajstić information content (AvgIpc) is 2.51. The van der Waals surface area contributed by atoms with Crippen molar-refractivity contribution in [2.24, 2.45) is 0 Å². The lowest BCUT2D eigenvalue weighted by Gasteiger charge is -2.17. The van der Waals surface area contributed by atoms with E-state index in [-0.39, 0.29) is 16.9 Å². The summed E-state index contributed by atoms with van der Waals surface area (Å²) in [6.07, 6.45) is 6.34. The Labute approximate surface area is 158 Å². The number of esters is 1. The zero-order valence-corrected chi connectivity index (χ0v) is 15.8. The van der Waals surface area contributed by atoms with E-state index in [1.807, 2.05) is 0 Å². The van der Waals surface area contributed by atoms with Crippen molar-refractivity contribution >= 4 is 22.4 Å². The summed E-state index contributed by atoms with van der Waals surface area (Å²) in [5.41, 5.74) is 0.0846. The minimum absolute atomic E-state index is 0.113. The van der Waals surface area contributed by atoms with Crippen LogP contribution in [0.3, 0.4) is 0 Å². The number of cyclic esters (lactones) is 1. The van der Waals surface area contributed by atoms with Crippen LogP contribution in [0.1, 0.15) is 61.4 Å². The summed E-state index contributed by atoms with van der Waals surface area (Å²) in [5, 5.41) is 20.1. The number of aromatic hydroxyl groups is 1. The van der Waals surface area contributed by atoms with E-state index in [4.69, 9.17) is 9.29 Å². The van der Waals surface area contributed by atoms with Crippen LogP contribution in [-0.4, -0.2) is 41.4 Å². The fourth-order valence-corrected chi connectivity index (χ4v) is 3.25. The van der Waals surface area contributed by atoms with Gasteiger partial charge in [0, 0.05) is 6.07 Å². The van der Waals surface area contributed by atoms with Crippen LogP contribution < -0.4 is 4.18 Å². The van der Waals surface area contributed by atoms with Gasteiger partial charge in [-0.3, -0.25) is 4.55 Å². The van der Waals surface area contributed by atoms with Crippen LogP contribution in [0.5, 0.6) is 11.5 Å². The fourth-order valence-electron chi connectivity index (χ4n) is 2.91. The molecule has 2 rings (SSSR count). The average molecular weight is 400 g/mol. The van der Waals surface area contributed by atoms with Gasteiger partial charge in [0.1, 0.15) is 17.1 Å². The zero-order chi connectivity index (χ0) is 20.0. The summed E-state index contributed by atoms with van der Waals surface area (Å²) in [4.78, 5) is 12.5. The highest BCUT2D eigenvalue weighted by atomic mass is 32.3. The first kappa shape index (κ1) is 21.2. The van der Waals surface area contributed by atoms with Crippen LogP contribution >= 0.6 is 0 Å². The van der Waals surface area contributed by atoms with Crippen molar-refractivity contribution in [3.8, 4) is 11.5 Å². The van der Waals surface area contributed by atoms with E-state index in [0.717, 1.165) is 12.5 Å². The van der Waals surface area contributed by atoms with Crippen LogP contribution in [0.2, 0.25) is 0 Å². The molecular formula is C18H24O8S. The molecule has 1 aromatic rings. The monoisotopic (exact) mass is 400 g/mol. The van der Waals surface area contributed by atoms with Gasteiger partial charge in [0.2, 0.25) is 0 Å². The van der Waals surface area contributed by atoms with E-state index in [1.54, 1.807) is 13.0 Å². The number of carbonyl (C=O) groups is 1. The lowest BCUT2D eigenvalue weighted by molar-refractivity contribution is 0.0307. The molecule has 0 radical (unpaired) electrons. The van der Waals surface area contributed by atoms with Crippen LogP contribution in [0.15, 0.2) is 18.2 Å². The molecule has 1 aliphatic heterocycles. The summed E-state index contributed by atoms with van der Waals surface area (Å²) in [6.45, 7) is 1.72. The largest absolute Gasteiger partial charge is 0.507 e. The molecule has 0 amide bonds. The number of fused-ring (bicyclic) bond motifs is 1. The van der Waals surface area contributed by atoms with E-state index in [1.165, 1.54) is 12.1 Å². The van der Waals surface area contributed by atoms with E-state index in [9.17, 15) is 23.4 Å². The first-order chi connectivity index (χ1) is 12.7. The van der Waals surface area contributed by atoms with Crippen LogP contribution in [-0.2, 0) is 15.1 Å². The molecule has 0 aromatic heterocycles. The third-order valence-electron chi connectivity index (χ3n) is 4.19. The first-order valence-electron chi connectivity index (χ1n) is 8.75. The molecule has 9 heteroatoms. The topological polar surface area (TPSA) is 130 Å². The molecule has 0 saturated carbocycles. The molecular weight excluding hydrogens is 376 g/mol. The minimum atomic E-state index is -4.78. The molecule has 1 aliphatic rings. The van der Waals surface area contributed by atoms with Crippen molar-refractivity contribution in [2.45, 2.75) is 57.7 Å². The Kier molecular flexibility index (Phi) is 7.23. The van der Waals surface area contributed by atoms with Crippen molar-refractivity contribution in [1.29, 1.82) is 0 Å². The van der Waals surface area contributed by atoms with Gasteiger partial charge in [0.15, 0.2) is 0 Å².